The molecular formula is C9H6ClN3O. The maximum atomic E-state index is 10.9. The molecule has 0 amide bonds. The van der Waals surface area contributed by atoms with Crippen molar-refractivity contribution in [1.29, 1.82) is 0 Å². The Kier molecular flexibility index (Phi) is 2.28. The quantitative estimate of drug-likeness (QED) is 0.704. The van der Waals surface area contributed by atoms with E-state index in [9.17, 15) is 4.79 Å². The number of carbonyl (C=O) groups is 1. The third-order valence-electron chi connectivity index (χ3n) is 1.74. The van der Waals surface area contributed by atoms with Crippen LogP contribution in [0.5, 0.6) is 0 Å². The maximum Gasteiger partial charge on any atom is 0.252 e. The molecule has 0 aliphatic rings. The number of nitrogens with zero attached hydrogens (tertiary/aromatic N) is 3. The molecule has 0 fully saturated rings. The van der Waals surface area contributed by atoms with Crippen LogP contribution in [0.1, 0.15) is 10.4 Å². The van der Waals surface area contributed by atoms with Crippen LogP contribution in [-0.4, -0.2) is 19.8 Å². The molecular weight excluding hydrogens is 202 g/mol. The molecule has 0 bridgehead atoms. The van der Waals surface area contributed by atoms with Crippen molar-refractivity contribution < 1.29 is 4.79 Å². The molecule has 5 heteroatoms. The fourth-order valence-corrected chi connectivity index (χ4v) is 1.19. The van der Waals surface area contributed by atoms with Crippen LogP contribution in [0.15, 0.2) is 37.1 Å². The van der Waals surface area contributed by atoms with Crippen molar-refractivity contribution in [3.63, 3.8) is 0 Å². The minimum atomic E-state index is -0.492. The molecule has 0 unspecified atom stereocenters. The van der Waals surface area contributed by atoms with Crippen LogP contribution in [0.4, 0.5) is 0 Å². The van der Waals surface area contributed by atoms with Gasteiger partial charge in [-0.25, -0.2) is 9.97 Å². The van der Waals surface area contributed by atoms with Crippen LogP contribution in [0, 0.1) is 0 Å². The molecule has 0 N–H and O–H groups in total. The molecule has 0 saturated carbocycles. The highest BCUT2D eigenvalue weighted by atomic mass is 35.5. The van der Waals surface area contributed by atoms with E-state index in [2.05, 4.69) is 9.97 Å². The molecule has 0 spiro atoms. The summed E-state index contributed by atoms with van der Waals surface area (Å²) in [6, 6.07) is 3.17. The standard InChI is InChI=1S/C9H6ClN3O/c10-9(14)7-1-2-12-8(5-7)13-4-3-11-6-13/h1-6H. The van der Waals surface area contributed by atoms with Gasteiger partial charge >= 0.3 is 0 Å². The van der Waals surface area contributed by atoms with Gasteiger partial charge in [-0.15, -0.1) is 0 Å². The normalized spacial score (nSPS) is 10.1. The summed E-state index contributed by atoms with van der Waals surface area (Å²) in [5.74, 6) is 0.619. The molecule has 0 aliphatic heterocycles. The van der Waals surface area contributed by atoms with Gasteiger partial charge in [-0.1, -0.05) is 0 Å². The first kappa shape index (κ1) is 8.90. The Labute approximate surface area is 85.2 Å². The van der Waals surface area contributed by atoms with Gasteiger partial charge in [-0.05, 0) is 23.7 Å². The number of hydrogen-bond donors (Lipinski definition) is 0. The number of aromatic nitrogens is 3. The van der Waals surface area contributed by atoms with E-state index in [1.807, 2.05) is 0 Å². The average Bonchev–Trinajstić information content (AvgIpc) is 2.71. The van der Waals surface area contributed by atoms with Crippen molar-refractivity contribution in [2.24, 2.45) is 0 Å². The first-order valence-corrected chi connectivity index (χ1v) is 4.29. The van der Waals surface area contributed by atoms with Gasteiger partial charge in [0.1, 0.15) is 12.1 Å². The lowest BCUT2D eigenvalue weighted by molar-refractivity contribution is 0.108. The zero-order valence-electron chi connectivity index (χ0n) is 7.09. The summed E-state index contributed by atoms with van der Waals surface area (Å²) in [6.07, 6.45) is 6.51. The Balaban J connectivity index is 2.46. The molecule has 0 aromatic carbocycles. The summed E-state index contributed by atoms with van der Waals surface area (Å²) in [5.41, 5.74) is 0.422. The Morgan fingerprint density at radius 2 is 2.29 bits per heavy atom. The second-order valence-electron chi connectivity index (χ2n) is 2.65. The van der Waals surface area contributed by atoms with Crippen molar-refractivity contribution in [3.05, 3.63) is 42.6 Å². The average molecular weight is 208 g/mol. The molecule has 0 aliphatic carbocycles. The zero-order chi connectivity index (χ0) is 9.97. The number of rotatable bonds is 2. The lowest BCUT2D eigenvalue weighted by Crippen LogP contribution is -1.97. The Hall–Kier alpha value is -1.68. The molecule has 2 aromatic heterocycles. The lowest BCUT2D eigenvalue weighted by Gasteiger charge is -2.00. The molecule has 2 aromatic rings. The highest BCUT2D eigenvalue weighted by Crippen LogP contribution is 2.08. The monoisotopic (exact) mass is 207 g/mol. The first-order valence-electron chi connectivity index (χ1n) is 3.91. The van der Waals surface area contributed by atoms with E-state index < -0.39 is 5.24 Å². The summed E-state index contributed by atoms with van der Waals surface area (Å²) in [5, 5.41) is -0.492. The van der Waals surface area contributed by atoms with Gasteiger partial charge in [0.05, 0.1) is 0 Å². The van der Waals surface area contributed by atoms with Gasteiger partial charge in [-0.2, -0.15) is 0 Å². The SMILES string of the molecule is O=C(Cl)c1ccnc(-n2ccnc2)c1. The van der Waals surface area contributed by atoms with Crippen molar-refractivity contribution >= 4 is 16.8 Å². The van der Waals surface area contributed by atoms with Crippen molar-refractivity contribution in [2.75, 3.05) is 0 Å². The van der Waals surface area contributed by atoms with E-state index >= 15 is 0 Å². The third kappa shape index (κ3) is 1.65. The van der Waals surface area contributed by atoms with Crippen LogP contribution in [0.3, 0.4) is 0 Å². The predicted molar refractivity (Wildman–Crippen MR) is 51.5 cm³/mol. The van der Waals surface area contributed by atoms with Crippen LogP contribution in [0.2, 0.25) is 0 Å². The van der Waals surface area contributed by atoms with Gasteiger partial charge in [0, 0.05) is 24.2 Å². The van der Waals surface area contributed by atoms with E-state index in [0.29, 0.717) is 11.4 Å². The molecule has 70 valence electrons. The maximum absolute atomic E-state index is 10.9. The Morgan fingerprint density at radius 3 is 2.93 bits per heavy atom. The Bertz CT molecular complexity index is 453. The summed E-state index contributed by atoms with van der Waals surface area (Å²) in [4.78, 5) is 18.8. The molecule has 0 radical (unpaired) electrons. The van der Waals surface area contributed by atoms with Gasteiger partial charge < -0.3 is 0 Å². The second-order valence-corrected chi connectivity index (χ2v) is 2.99. The second kappa shape index (κ2) is 3.59. The molecule has 2 heterocycles. The number of imidazole rings is 1. The predicted octanol–water partition coefficient (Wildman–Crippen LogP) is 1.65. The van der Waals surface area contributed by atoms with Crippen LogP contribution >= 0.6 is 11.6 Å². The van der Waals surface area contributed by atoms with Gasteiger partial charge in [-0.3, -0.25) is 9.36 Å². The van der Waals surface area contributed by atoms with Crippen LogP contribution in [0.25, 0.3) is 5.82 Å². The summed E-state index contributed by atoms with van der Waals surface area (Å²) >= 11 is 5.34. The number of halogens is 1. The van der Waals surface area contributed by atoms with E-state index in [0.717, 1.165) is 0 Å². The van der Waals surface area contributed by atoms with Crippen molar-refractivity contribution in [1.82, 2.24) is 14.5 Å². The first-order chi connectivity index (χ1) is 6.77. The smallest absolute Gasteiger partial charge is 0.252 e. The Morgan fingerprint density at radius 1 is 1.43 bits per heavy atom. The summed E-state index contributed by atoms with van der Waals surface area (Å²) < 4.78 is 1.70. The van der Waals surface area contributed by atoms with Gasteiger partial charge in [0.2, 0.25) is 0 Å². The molecule has 0 saturated heterocycles. The number of hydrogen-bond acceptors (Lipinski definition) is 3. The molecule has 2 rings (SSSR count). The van der Waals surface area contributed by atoms with Crippen molar-refractivity contribution in [2.45, 2.75) is 0 Å². The zero-order valence-corrected chi connectivity index (χ0v) is 7.85. The third-order valence-corrected chi connectivity index (χ3v) is 1.96. The van der Waals surface area contributed by atoms with E-state index in [-0.39, 0.29) is 0 Å². The van der Waals surface area contributed by atoms with Crippen LogP contribution in [-0.2, 0) is 0 Å². The fourth-order valence-electron chi connectivity index (χ4n) is 1.08. The van der Waals surface area contributed by atoms with Crippen molar-refractivity contribution in [3.8, 4) is 5.82 Å². The number of carbonyl (C=O) groups excluding carboxylic acids is 1. The topological polar surface area (TPSA) is 47.8 Å². The molecule has 14 heavy (non-hydrogen) atoms. The van der Waals surface area contributed by atoms with E-state index in [1.165, 1.54) is 6.20 Å². The number of pyridine rings is 1. The molecule has 0 atom stereocenters. The van der Waals surface area contributed by atoms with Crippen LogP contribution < -0.4 is 0 Å². The highest BCUT2D eigenvalue weighted by Gasteiger charge is 2.03. The highest BCUT2D eigenvalue weighted by molar-refractivity contribution is 6.67. The lowest BCUT2D eigenvalue weighted by atomic mass is 10.3. The van der Waals surface area contributed by atoms with Gasteiger partial charge in [0.25, 0.3) is 5.24 Å². The van der Waals surface area contributed by atoms with E-state index in [4.69, 9.17) is 11.6 Å². The molecule has 4 nitrogen and oxygen atoms in total. The van der Waals surface area contributed by atoms with Gasteiger partial charge in [0.15, 0.2) is 0 Å². The minimum absolute atomic E-state index is 0.422. The minimum Gasteiger partial charge on any atom is -0.291 e. The summed E-state index contributed by atoms with van der Waals surface area (Å²) in [6.45, 7) is 0. The largest absolute Gasteiger partial charge is 0.291 e. The fraction of sp³-hybridized carbons (Fsp3) is 0. The van der Waals surface area contributed by atoms with E-state index in [1.54, 1.807) is 35.4 Å². The summed E-state index contributed by atoms with van der Waals surface area (Å²) in [7, 11) is 0.